The Morgan fingerprint density at radius 2 is 2.19 bits per heavy atom. The molecule has 6 heteroatoms. The molecule has 16 heavy (non-hydrogen) atoms. The highest BCUT2D eigenvalue weighted by atomic mass is 16.6. The number of aromatic nitrogens is 1. The SMILES string of the molecule is COC(=O)C(C)(C)c1ccncc1[N+](=O)[O-]. The highest BCUT2D eigenvalue weighted by molar-refractivity contribution is 5.83. The number of esters is 1. The molecule has 0 fully saturated rings. The second-order valence-electron chi connectivity index (χ2n) is 3.77. The maximum absolute atomic E-state index is 11.5. The maximum Gasteiger partial charge on any atom is 0.315 e. The minimum atomic E-state index is -1.07. The van der Waals surface area contributed by atoms with E-state index in [1.165, 1.54) is 19.4 Å². The fraction of sp³-hybridized carbons (Fsp3) is 0.400. The number of ether oxygens (including phenoxy) is 1. The molecule has 0 atom stereocenters. The smallest absolute Gasteiger partial charge is 0.315 e. The van der Waals surface area contributed by atoms with Crippen molar-refractivity contribution in [1.29, 1.82) is 0 Å². The van der Waals surface area contributed by atoms with E-state index in [2.05, 4.69) is 9.72 Å². The van der Waals surface area contributed by atoms with Crippen molar-refractivity contribution in [2.45, 2.75) is 19.3 Å². The number of rotatable bonds is 3. The molecular weight excluding hydrogens is 212 g/mol. The topological polar surface area (TPSA) is 82.3 Å². The molecule has 0 saturated carbocycles. The van der Waals surface area contributed by atoms with Gasteiger partial charge in [-0.1, -0.05) is 0 Å². The number of nitrogens with zero attached hydrogens (tertiary/aromatic N) is 2. The zero-order chi connectivity index (χ0) is 12.3. The first-order valence-corrected chi connectivity index (χ1v) is 4.58. The quantitative estimate of drug-likeness (QED) is 0.440. The standard InChI is InChI=1S/C10H12N2O4/c1-10(2,9(13)16-3)7-4-5-11-6-8(7)12(14)15/h4-6H,1-3H3. The average Bonchev–Trinajstić information content (AvgIpc) is 2.27. The lowest BCUT2D eigenvalue weighted by Gasteiger charge is -2.21. The summed E-state index contributed by atoms with van der Waals surface area (Å²) in [5.74, 6) is -0.526. The van der Waals surface area contributed by atoms with E-state index in [0.29, 0.717) is 5.56 Å². The fourth-order valence-electron chi connectivity index (χ4n) is 1.43. The van der Waals surface area contributed by atoms with Gasteiger partial charge in [0.25, 0.3) is 5.69 Å². The monoisotopic (exact) mass is 224 g/mol. The molecule has 0 saturated heterocycles. The van der Waals surface area contributed by atoms with Crippen molar-refractivity contribution in [3.8, 4) is 0 Å². The molecule has 1 aromatic rings. The summed E-state index contributed by atoms with van der Waals surface area (Å²) in [6, 6.07) is 1.45. The predicted octanol–water partition coefficient (Wildman–Crippen LogP) is 1.44. The van der Waals surface area contributed by atoms with Gasteiger partial charge in [-0.05, 0) is 19.9 Å². The predicted molar refractivity (Wildman–Crippen MR) is 55.9 cm³/mol. The summed E-state index contributed by atoms with van der Waals surface area (Å²) in [6.07, 6.45) is 2.53. The second-order valence-corrected chi connectivity index (χ2v) is 3.77. The summed E-state index contributed by atoms with van der Waals surface area (Å²) in [5.41, 5.74) is -0.961. The molecule has 1 heterocycles. The molecule has 0 N–H and O–H groups in total. The van der Waals surface area contributed by atoms with Crippen molar-refractivity contribution in [1.82, 2.24) is 4.98 Å². The molecule has 1 aromatic heterocycles. The van der Waals surface area contributed by atoms with Crippen molar-refractivity contribution in [3.63, 3.8) is 0 Å². The van der Waals surface area contributed by atoms with Crippen LogP contribution in [0.3, 0.4) is 0 Å². The minimum Gasteiger partial charge on any atom is -0.468 e. The van der Waals surface area contributed by atoms with Crippen molar-refractivity contribution in [2.24, 2.45) is 0 Å². The summed E-state index contributed by atoms with van der Waals surface area (Å²) in [7, 11) is 1.25. The van der Waals surface area contributed by atoms with Gasteiger partial charge < -0.3 is 4.74 Å². The Morgan fingerprint density at radius 3 is 2.69 bits per heavy atom. The number of hydrogen-bond donors (Lipinski definition) is 0. The molecule has 6 nitrogen and oxygen atoms in total. The van der Waals surface area contributed by atoms with Crippen LogP contribution in [0.5, 0.6) is 0 Å². The Hall–Kier alpha value is -1.98. The van der Waals surface area contributed by atoms with E-state index >= 15 is 0 Å². The van der Waals surface area contributed by atoms with Crippen LogP contribution in [0.1, 0.15) is 19.4 Å². The van der Waals surface area contributed by atoms with Gasteiger partial charge >= 0.3 is 5.97 Å². The number of methoxy groups -OCH3 is 1. The molecule has 0 radical (unpaired) electrons. The molecule has 0 bridgehead atoms. The van der Waals surface area contributed by atoms with Gasteiger partial charge in [-0.15, -0.1) is 0 Å². The number of carbonyl (C=O) groups is 1. The number of nitro groups is 1. The van der Waals surface area contributed by atoms with Gasteiger partial charge in [0.15, 0.2) is 0 Å². The molecule has 0 amide bonds. The van der Waals surface area contributed by atoms with E-state index in [0.717, 1.165) is 6.20 Å². The minimum absolute atomic E-state index is 0.182. The van der Waals surface area contributed by atoms with E-state index in [4.69, 9.17) is 0 Å². The van der Waals surface area contributed by atoms with Crippen LogP contribution in [0.4, 0.5) is 5.69 Å². The maximum atomic E-state index is 11.5. The highest BCUT2D eigenvalue weighted by Gasteiger charge is 2.36. The molecule has 0 aliphatic rings. The van der Waals surface area contributed by atoms with Crippen molar-refractivity contribution in [3.05, 3.63) is 34.1 Å². The number of carbonyl (C=O) groups excluding carboxylic acids is 1. The van der Waals surface area contributed by atoms with Crippen LogP contribution >= 0.6 is 0 Å². The first-order valence-electron chi connectivity index (χ1n) is 4.58. The summed E-state index contributed by atoms with van der Waals surface area (Å²) >= 11 is 0. The lowest BCUT2D eigenvalue weighted by atomic mass is 9.84. The highest BCUT2D eigenvalue weighted by Crippen LogP contribution is 2.31. The third-order valence-corrected chi connectivity index (χ3v) is 2.37. The lowest BCUT2D eigenvalue weighted by molar-refractivity contribution is -0.386. The van der Waals surface area contributed by atoms with Crippen LogP contribution in [-0.2, 0) is 14.9 Å². The van der Waals surface area contributed by atoms with E-state index in [9.17, 15) is 14.9 Å². The van der Waals surface area contributed by atoms with Crippen LogP contribution < -0.4 is 0 Å². The molecule has 0 aliphatic carbocycles. The van der Waals surface area contributed by atoms with Crippen molar-refractivity contribution < 1.29 is 14.5 Å². The Morgan fingerprint density at radius 1 is 1.56 bits per heavy atom. The second kappa shape index (κ2) is 4.26. The molecule has 0 unspecified atom stereocenters. The summed E-state index contributed by atoms with van der Waals surface area (Å²) in [6.45, 7) is 3.14. The molecule has 0 aliphatic heterocycles. The largest absolute Gasteiger partial charge is 0.468 e. The Labute approximate surface area is 92.4 Å². The van der Waals surface area contributed by atoms with Crippen LogP contribution in [0.25, 0.3) is 0 Å². The van der Waals surface area contributed by atoms with Crippen molar-refractivity contribution >= 4 is 11.7 Å². The number of pyridine rings is 1. The molecule has 0 aromatic carbocycles. The third kappa shape index (κ3) is 2.00. The van der Waals surface area contributed by atoms with E-state index in [1.54, 1.807) is 13.8 Å². The molecule has 1 rings (SSSR count). The van der Waals surface area contributed by atoms with Crippen LogP contribution in [0.15, 0.2) is 18.5 Å². The van der Waals surface area contributed by atoms with Gasteiger partial charge in [0.1, 0.15) is 6.20 Å². The van der Waals surface area contributed by atoms with E-state index in [-0.39, 0.29) is 5.69 Å². The molecular formula is C10H12N2O4. The lowest BCUT2D eigenvalue weighted by Crippen LogP contribution is -2.31. The third-order valence-electron chi connectivity index (χ3n) is 2.37. The molecule has 86 valence electrons. The number of hydrogen-bond acceptors (Lipinski definition) is 5. The van der Waals surface area contributed by atoms with Gasteiger partial charge in [-0.3, -0.25) is 19.9 Å². The normalized spacial score (nSPS) is 10.9. The first kappa shape index (κ1) is 12.1. The van der Waals surface area contributed by atoms with Crippen molar-refractivity contribution in [2.75, 3.05) is 7.11 Å². The van der Waals surface area contributed by atoms with Gasteiger partial charge in [0.2, 0.25) is 0 Å². The van der Waals surface area contributed by atoms with Crippen LogP contribution in [0.2, 0.25) is 0 Å². The Balaban J connectivity index is 3.32. The zero-order valence-corrected chi connectivity index (χ0v) is 9.26. The fourth-order valence-corrected chi connectivity index (χ4v) is 1.43. The Bertz CT molecular complexity index is 429. The van der Waals surface area contributed by atoms with E-state index in [1.807, 2.05) is 0 Å². The first-order chi connectivity index (χ1) is 7.41. The molecule has 0 spiro atoms. The Kier molecular flexibility index (Phi) is 3.22. The van der Waals surface area contributed by atoms with Gasteiger partial charge in [-0.25, -0.2) is 0 Å². The van der Waals surface area contributed by atoms with E-state index < -0.39 is 16.3 Å². The van der Waals surface area contributed by atoms with Gasteiger partial charge in [-0.2, -0.15) is 0 Å². The zero-order valence-electron chi connectivity index (χ0n) is 9.26. The average molecular weight is 224 g/mol. The summed E-state index contributed by atoms with van der Waals surface area (Å²) < 4.78 is 4.62. The van der Waals surface area contributed by atoms with Gasteiger partial charge in [0.05, 0.1) is 17.4 Å². The van der Waals surface area contributed by atoms with Crippen LogP contribution in [-0.4, -0.2) is 23.0 Å². The van der Waals surface area contributed by atoms with Crippen LogP contribution in [0, 0.1) is 10.1 Å². The van der Waals surface area contributed by atoms with Gasteiger partial charge in [0, 0.05) is 11.8 Å². The summed E-state index contributed by atoms with van der Waals surface area (Å²) in [4.78, 5) is 25.4. The summed E-state index contributed by atoms with van der Waals surface area (Å²) in [5, 5.41) is 10.8.